The molecule has 0 amide bonds. The van der Waals surface area contributed by atoms with Crippen LogP contribution in [0, 0.1) is 6.92 Å². The van der Waals surface area contributed by atoms with E-state index in [1.165, 1.54) is 5.56 Å². The first kappa shape index (κ1) is 16.0. The van der Waals surface area contributed by atoms with E-state index >= 15 is 0 Å². The molecule has 4 rings (SSSR count). The summed E-state index contributed by atoms with van der Waals surface area (Å²) in [5.41, 5.74) is 2.16. The van der Waals surface area contributed by atoms with Crippen molar-refractivity contribution in [1.29, 1.82) is 0 Å². The average molecular weight is 340 g/mol. The van der Waals surface area contributed by atoms with Crippen LogP contribution in [0.5, 0.6) is 0 Å². The van der Waals surface area contributed by atoms with Crippen molar-refractivity contribution in [2.45, 2.75) is 38.5 Å². The van der Waals surface area contributed by atoms with E-state index in [2.05, 4.69) is 20.3 Å². The summed E-state index contributed by atoms with van der Waals surface area (Å²) in [5, 5.41) is 8.10. The normalized spacial score (nSPS) is 17.2. The van der Waals surface area contributed by atoms with Crippen molar-refractivity contribution in [3.05, 3.63) is 47.4 Å². The molecule has 0 N–H and O–H groups in total. The number of hydrogen-bond acceptors (Lipinski definition) is 7. The number of rotatable bonds is 6. The third-order valence-corrected chi connectivity index (χ3v) is 4.34. The van der Waals surface area contributed by atoms with Crippen LogP contribution < -0.4 is 0 Å². The van der Waals surface area contributed by atoms with E-state index in [1.807, 2.05) is 31.2 Å². The highest BCUT2D eigenvalue weighted by Gasteiger charge is 2.23. The van der Waals surface area contributed by atoms with Crippen LogP contribution in [0.15, 0.2) is 33.3 Å². The molecule has 0 aliphatic carbocycles. The summed E-state index contributed by atoms with van der Waals surface area (Å²) < 4.78 is 16.0. The molecule has 0 bridgehead atoms. The van der Waals surface area contributed by atoms with Crippen molar-refractivity contribution in [3.63, 3.8) is 0 Å². The second kappa shape index (κ2) is 7.14. The fourth-order valence-corrected chi connectivity index (χ4v) is 2.84. The summed E-state index contributed by atoms with van der Waals surface area (Å²) in [6, 6.07) is 8.06. The fraction of sp³-hybridized carbons (Fsp3) is 0.444. The van der Waals surface area contributed by atoms with Gasteiger partial charge in [0.1, 0.15) is 0 Å². The van der Waals surface area contributed by atoms with Gasteiger partial charge in [-0.05, 0) is 19.8 Å². The van der Waals surface area contributed by atoms with E-state index in [0.717, 1.165) is 30.8 Å². The minimum Gasteiger partial charge on any atom is -0.381 e. The number of hydrogen-bond donors (Lipinski definition) is 0. The van der Waals surface area contributed by atoms with Gasteiger partial charge in [-0.3, -0.25) is 0 Å². The molecular formula is C18H20N4O3. The topological polar surface area (TPSA) is 87.1 Å². The zero-order valence-electron chi connectivity index (χ0n) is 14.1. The molecule has 1 saturated heterocycles. The number of aryl methyl sites for hydroxylation is 3. The molecule has 3 aromatic rings. The zero-order valence-corrected chi connectivity index (χ0v) is 14.1. The summed E-state index contributed by atoms with van der Waals surface area (Å²) in [6.07, 6.45) is 3.16. The number of ether oxygens (including phenoxy) is 1. The lowest BCUT2D eigenvalue weighted by Crippen LogP contribution is -2.00. The highest BCUT2D eigenvalue weighted by molar-refractivity contribution is 5.54. The van der Waals surface area contributed by atoms with Crippen LogP contribution in [0.25, 0.3) is 11.4 Å². The maximum atomic E-state index is 5.36. The van der Waals surface area contributed by atoms with Gasteiger partial charge in [-0.15, -0.1) is 0 Å². The van der Waals surface area contributed by atoms with Crippen molar-refractivity contribution < 1.29 is 13.8 Å². The van der Waals surface area contributed by atoms with Crippen molar-refractivity contribution in [1.82, 2.24) is 20.3 Å². The Morgan fingerprint density at radius 2 is 1.76 bits per heavy atom. The second-order valence-electron chi connectivity index (χ2n) is 6.34. The van der Waals surface area contributed by atoms with E-state index in [4.69, 9.17) is 13.8 Å². The third kappa shape index (κ3) is 3.76. The van der Waals surface area contributed by atoms with Crippen LogP contribution in [0.3, 0.4) is 0 Å². The average Bonchev–Trinajstić information content (AvgIpc) is 3.37. The Hall–Kier alpha value is -2.54. The Bertz CT molecular complexity index is 819. The molecule has 25 heavy (non-hydrogen) atoms. The van der Waals surface area contributed by atoms with Gasteiger partial charge in [0.25, 0.3) is 0 Å². The van der Waals surface area contributed by atoms with E-state index in [9.17, 15) is 0 Å². The van der Waals surface area contributed by atoms with E-state index in [-0.39, 0.29) is 5.92 Å². The molecule has 1 fully saturated rings. The van der Waals surface area contributed by atoms with Crippen LogP contribution >= 0.6 is 0 Å². The van der Waals surface area contributed by atoms with Gasteiger partial charge in [-0.25, -0.2) is 0 Å². The van der Waals surface area contributed by atoms with Crippen LogP contribution in [-0.2, 0) is 17.6 Å². The molecule has 1 atom stereocenters. The van der Waals surface area contributed by atoms with Gasteiger partial charge in [-0.1, -0.05) is 40.1 Å². The molecule has 0 radical (unpaired) electrons. The third-order valence-electron chi connectivity index (χ3n) is 4.34. The molecule has 1 aliphatic rings. The minimum atomic E-state index is 0.269. The highest BCUT2D eigenvalue weighted by Crippen LogP contribution is 2.23. The molecule has 1 unspecified atom stereocenters. The van der Waals surface area contributed by atoms with Crippen LogP contribution in [-0.4, -0.2) is 33.5 Å². The lowest BCUT2D eigenvalue weighted by molar-refractivity contribution is 0.192. The maximum absolute atomic E-state index is 5.36. The van der Waals surface area contributed by atoms with Crippen LogP contribution in [0.1, 0.15) is 41.9 Å². The first-order valence-electron chi connectivity index (χ1n) is 8.58. The summed E-state index contributed by atoms with van der Waals surface area (Å²) in [7, 11) is 0. The van der Waals surface area contributed by atoms with Crippen LogP contribution in [0.4, 0.5) is 0 Å². The van der Waals surface area contributed by atoms with E-state index in [1.54, 1.807) is 0 Å². The number of benzene rings is 1. The molecule has 130 valence electrons. The lowest BCUT2D eigenvalue weighted by atomic mass is 10.1. The van der Waals surface area contributed by atoms with Crippen LogP contribution in [0.2, 0.25) is 0 Å². The predicted molar refractivity (Wildman–Crippen MR) is 89.0 cm³/mol. The molecule has 1 aliphatic heterocycles. The predicted octanol–water partition coefficient (Wildman–Crippen LogP) is 3.11. The molecule has 1 aromatic carbocycles. The highest BCUT2D eigenvalue weighted by atomic mass is 16.5. The van der Waals surface area contributed by atoms with E-state index in [0.29, 0.717) is 37.1 Å². The van der Waals surface area contributed by atoms with Gasteiger partial charge >= 0.3 is 0 Å². The minimum absolute atomic E-state index is 0.269. The van der Waals surface area contributed by atoms with Gasteiger partial charge in [0.05, 0.1) is 6.61 Å². The largest absolute Gasteiger partial charge is 0.381 e. The Morgan fingerprint density at radius 3 is 2.52 bits per heavy atom. The van der Waals surface area contributed by atoms with Crippen molar-refractivity contribution in [3.8, 4) is 11.4 Å². The lowest BCUT2D eigenvalue weighted by Gasteiger charge is -1.97. The van der Waals surface area contributed by atoms with E-state index < -0.39 is 0 Å². The Balaban J connectivity index is 1.31. The maximum Gasteiger partial charge on any atom is 0.226 e. The summed E-state index contributed by atoms with van der Waals surface area (Å²) in [5.74, 6) is 2.92. The first-order chi connectivity index (χ1) is 12.3. The molecule has 7 heteroatoms. The smallest absolute Gasteiger partial charge is 0.226 e. The second-order valence-corrected chi connectivity index (χ2v) is 6.34. The quantitative estimate of drug-likeness (QED) is 0.681. The number of aromatic nitrogens is 4. The number of nitrogens with zero attached hydrogens (tertiary/aromatic N) is 4. The zero-order chi connectivity index (χ0) is 17.1. The Kier molecular flexibility index (Phi) is 4.56. The molecule has 2 aromatic heterocycles. The summed E-state index contributed by atoms with van der Waals surface area (Å²) >= 11 is 0. The molecule has 3 heterocycles. The summed E-state index contributed by atoms with van der Waals surface area (Å²) in [6.45, 7) is 3.51. The standard InChI is InChI=1S/C18H20N4O3/c1-12-5-7-13(8-6-12)17-19-15(24-21-17)3-2-4-16-20-18(22-25-16)14-9-10-23-11-14/h5-8,14H,2-4,9-11H2,1H3. The van der Waals surface area contributed by atoms with Crippen molar-refractivity contribution in [2.75, 3.05) is 13.2 Å². The summed E-state index contributed by atoms with van der Waals surface area (Å²) in [4.78, 5) is 8.91. The van der Waals surface area contributed by atoms with Crippen molar-refractivity contribution in [2.24, 2.45) is 0 Å². The molecule has 0 spiro atoms. The van der Waals surface area contributed by atoms with Gasteiger partial charge in [-0.2, -0.15) is 9.97 Å². The fourth-order valence-electron chi connectivity index (χ4n) is 2.84. The molecule has 0 saturated carbocycles. The van der Waals surface area contributed by atoms with Crippen molar-refractivity contribution >= 4 is 0 Å². The first-order valence-corrected chi connectivity index (χ1v) is 8.58. The van der Waals surface area contributed by atoms with Gasteiger partial charge in [0.15, 0.2) is 5.82 Å². The van der Waals surface area contributed by atoms with Gasteiger partial charge in [0.2, 0.25) is 17.6 Å². The Labute approximate surface area is 145 Å². The van der Waals surface area contributed by atoms with Gasteiger partial charge < -0.3 is 13.8 Å². The molecular weight excluding hydrogens is 320 g/mol. The monoisotopic (exact) mass is 340 g/mol. The SMILES string of the molecule is Cc1ccc(-c2noc(CCCc3nc(C4CCOC4)no3)n2)cc1. The molecule has 7 nitrogen and oxygen atoms in total. The van der Waals surface area contributed by atoms with Gasteiger partial charge in [0, 0.05) is 30.9 Å². The Morgan fingerprint density at radius 1 is 1.00 bits per heavy atom.